The first kappa shape index (κ1) is 22.4. The van der Waals surface area contributed by atoms with Crippen LogP contribution >= 0.6 is 11.8 Å². The van der Waals surface area contributed by atoms with Gasteiger partial charge in [0.25, 0.3) is 5.91 Å². The number of nitrogens with zero attached hydrogens (tertiary/aromatic N) is 2. The maximum absolute atomic E-state index is 13.4. The van der Waals surface area contributed by atoms with Gasteiger partial charge in [0.2, 0.25) is 5.91 Å². The first-order valence-electron chi connectivity index (χ1n) is 10.8. The fourth-order valence-electron chi connectivity index (χ4n) is 4.27. The molecule has 0 aromatic heterocycles. The first-order valence-corrected chi connectivity index (χ1v) is 11.9. The van der Waals surface area contributed by atoms with Crippen LogP contribution in [0.3, 0.4) is 0 Å². The lowest BCUT2D eigenvalue weighted by atomic mass is 9.86. The molecule has 7 heteroatoms. The maximum Gasteiger partial charge on any atom is 0.255 e. The molecule has 168 valence electrons. The van der Waals surface area contributed by atoms with Gasteiger partial charge >= 0.3 is 0 Å². The zero-order valence-corrected chi connectivity index (χ0v) is 19.4. The van der Waals surface area contributed by atoms with Gasteiger partial charge in [-0.25, -0.2) is 0 Å². The number of carbonyl (C=O) groups excluding carboxylic acids is 3. The van der Waals surface area contributed by atoms with Crippen LogP contribution in [-0.2, 0) is 23.2 Å². The van der Waals surface area contributed by atoms with E-state index in [0.29, 0.717) is 43.0 Å². The number of rotatable bonds is 3. The van der Waals surface area contributed by atoms with Crippen molar-refractivity contribution in [2.75, 3.05) is 18.2 Å². The summed E-state index contributed by atoms with van der Waals surface area (Å²) in [5, 5.41) is 10.3. The number of amides is 2. The van der Waals surface area contributed by atoms with Gasteiger partial charge in [0, 0.05) is 30.0 Å². The monoisotopic (exact) mass is 452 g/mol. The Morgan fingerprint density at radius 2 is 1.84 bits per heavy atom. The fourth-order valence-corrected chi connectivity index (χ4v) is 5.42. The molecular formula is C25H28N2O4S. The summed E-state index contributed by atoms with van der Waals surface area (Å²) in [5.74, 6) is 0.878. The molecule has 4 rings (SSSR count). The summed E-state index contributed by atoms with van der Waals surface area (Å²) in [6, 6.07) is 10.5. The average molecular weight is 453 g/mol. The summed E-state index contributed by atoms with van der Waals surface area (Å²) in [5.41, 5.74) is 3.60. The number of hydrogen-bond acceptors (Lipinski definition) is 5. The lowest BCUT2D eigenvalue weighted by molar-refractivity contribution is -0.135. The molecule has 32 heavy (non-hydrogen) atoms. The molecule has 1 fully saturated rings. The first-order chi connectivity index (χ1) is 15.2. The predicted molar refractivity (Wildman–Crippen MR) is 125 cm³/mol. The number of thioether (sulfide) groups is 1. The molecule has 2 amide bonds. The molecule has 0 radical (unpaired) electrons. The Labute approximate surface area is 192 Å². The SMILES string of the molecule is CC(C)(C)c1ccc(C(=O)N2CSCC2C(=O)N2CCc3c(ccc(C=O)c3O)C2)cc1. The molecule has 0 bridgehead atoms. The third-order valence-corrected chi connectivity index (χ3v) is 7.28. The summed E-state index contributed by atoms with van der Waals surface area (Å²) in [7, 11) is 0. The second-order valence-corrected chi connectivity index (χ2v) is 10.4. The van der Waals surface area contributed by atoms with Crippen LogP contribution in [0, 0.1) is 0 Å². The summed E-state index contributed by atoms with van der Waals surface area (Å²) in [6.45, 7) is 7.21. The Kier molecular flexibility index (Phi) is 6.03. The quantitative estimate of drug-likeness (QED) is 0.720. The van der Waals surface area contributed by atoms with E-state index in [9.17, 15) is 19.5 Å². The number of fused-ring (bicyclic) bond motifs is 1. The van der Waals surface area contributed by atoms with Crippen molar-refractivity contribution >= 4 is 29.9 Å². The highest BCUT2D eigenvalue weighted by Crippen LogP contribution is 2.32. The molecule has 0 aliphatic carbocycles. The van der Waals surface area contributed by atoms with Crippen molar-refractivity contribution < 1.29 is 19.5 Å². The van der Waals surface area contributed by atoms with Crippen molar-refractivity contribution in [3.05, 3.63) is 64.2 Å². The van der Waals surface area contributed by atoms with Crippen LogP contribution in [0.5, 0.6) is 5.75 Å². The van der Waals surface area contributed by atoms with Gasteiger partial charge in [-0.15, -0.1) is 11.8 Å². The molecule has 2 aromatic rings. The lowest BCUT2D eigenvalue weighted by Crippen LogP contribution is -2.50. The summed E-state index contributed by atoms with van der Waals surface area (Å²) in [6.07, 6.45) is 1.12. The Balaban J connectivity index is 1.50. The van der Waals surface area contributed by atoms with E-state index in [1.807, 2.05) is 24.3 Å². The molecule has 0 spiro atoms. The second kappa shape index (κ2) is 8.62. The smallest absolute Gasteiger partial charge is 0.255 e. The van der Waals surface area contributed by atoms with E-state index >= 15 is 0 Å². The van der Waals surface area contributed by atoms with E-state index in [0.717, 1.165) is 16.7 Å². The number of phenols is 1. The van der Waals surface area contributed by atoms with E-state index in [1.54, 1.807) is 33.7 Å². The average Bonchev–Trinajstić information content (AvgIpc) is 3.27. The van der Waals surface area contributed by atoms with Crippen molar-refractivity contribution in [2.45, 2.75) is 45.2 Å². The Bertz CT molecular complexity index is 1060. The highest BCUT2D eigenvalue weighted by Gasteiger charge is 2.38. The van der Waals surface area contributed by atoms with Crippen LogP contribution in [0.25, 0.3) is 0 Å². The van der Waals surface area contributed by atoms with Crippen LogP contribution < -0.4 is 0 Å². The van der Waals surface area contributed by atoms with Crippen LogP contribution in [0.1, 0.15) is 58.2 Å². The second-order valence-electron chi connectivity index (χ2n) is 9.39. The van der Waals surface area contributed by atoms with Crippen molar-refractivity contribution in [1.29, 1.82) is 0 Å². The van der Waals surface area contributed by atoms with Gasteiger partial charge in [0.1, 0.15) is 11.8 Å². The number of aldehydes is 1. The zero-order valence-electron chi connectivity index (χ0n) is 18.6. The van der Waals surface area contributed by atoms with Crippen LogP contribution in [0.2, 0.25) is 0 Å². The van der Waals surface area contributed by atoms with E-state index in [1.165, 1.54) is 0 Å². The van der Waals surface area contributed by atoms with Crippen LogP contribution in [0.4, 0.5) is 0 Å². The third-order valence-electron chi connectivity index (χ3n) is 6.27. The Morgan fingerprint density at radius 1 is 1.12 bits per heavy atom. The van der Waals surface area contributed by atoms with Crippen molar-refractivity contribution in [1.82, 2.24) is 9.80 Å². The van der Waals surface area contributed by atoms with Crippen molar-refractivity contribution in [3.8, 4) is 5.75 Å². The minimum atomic E-state index is -0.501. The molecule has 6 nitrogen and oxygen atoms in total. The van der Waals surface area contributed by atoms with Gasteiger partial charge in [-0.2, -0.15) is 0 Å². The van der Waals surface area contributed by atoms with Gasteiger partial charge in [0.05, 0.1) is 11.4 Å². The Morgan fingerprint density at radius 3 is 2.50 bits per heavy atom. The number of carbonyl (C=O) groups is 3. The molecule has 1 N–H and O–H groups in total. The van der Waals surface area contributed by atoms with Crippen molar-refractivity contribution in [3.63, 3.8) is 0 Å². The van der Waals surface area contributed by atoms with E-state index in [4.69, 9.17) is 0 Å². The fraction of sp³-hybridized carbons (Fsp3) is 0.400. The highest BCUT2D eigenvalue weighted by atomic mass is 32.2. The van der Waals surface area contributed by atoms with Gasteiger partial charge in [-0.3, -0.25) is 14.4 Å². The molecule has 1 unspecified atom stereocenters. The minimum Gasteiger partial charge on any atom is -0.507 e. The summed E-state index contributed by atoms with van der Waals surface area (Å²) >= 11 is 1.58. The molecule has 2 aliphatic rings. The number of benzene rings is 2. The molecular weight excluding hydrogens is 424 g/mol. The number of hydrogen-bond donors (Lipinski definition) is 1. The topological polar surface area (TPSA) is 77.9 Å². The normalized spacial score (nSPS) is 18.4. The molecule has 2 heterocycles. The zero-order chi connectivity index (χ0) is 23.0. The molecule has 1 atom stereocenters. The van der Waals surface area contributed by atoms with Gasteiger partial charge in [-0.1, -0.05) is 39.0 Å². The van der Waals surface area contributed by atoms with Gasteiger partial charge in [0.15, 0.2) is 6.29 Å². The minimum absolute atomic E-state index is 0.00898. The van der Waals surface area contributed by atoms with E-state index < -0.39 is 6.04 Å². The standard InChI is InChI=1S/C25H28N2O4S/c1-25(2,3)19-8-6-16(7-9-19)23(30)27-15-32-14-21(27)24(31)26-11-10-20-17(12-26)4-5-18(13-28)22(20)29/h4-9,13,21,29H,10-12,14-15H2,1-3H3. The Hall–Kier alpha value is -2.80. The van der Waals surface area contributed by atoms with Crippen LogP contribution in [-0.4, -0.2) is 57.2 Å². The summed E-state index contributed by atoms with van der Waals surface area (Å²) in [4.78, 5) is 41.0. The van der Waals surface area contributed by atoms with Crippen LogP contribution in [0.15, 0.2) is 36.4 Å². The largest absolute Gasteiger partial charge is 0.507 e. The maximum atomic E-state index is 13.4. The van der Waals surface area contributed by atoms with Crippen molar-refractivity contribution in [2.24, 2.45) is 0 Å². The van der Waals surface area contributed by atoms with E-state index in [2.05, 4.69) is 20.8 Å². The molecule has 1 saturated heterocycles. The van der Waals surface area contributed by atoms with E-state index in [-0.39, 0.29) is 28.5 Å². The predicted octanol–water partition coefficient (Wildman–Crippen LogP) is 3.60. The number of aromatic hydroxyl groups is 1. The molecule has 2 aliphatic heterocycles. The highest BCUT2D eigenvalue weighted by molar-refractivity contribution is 7.99. The third kappa shape index (κ3) is 4.13. The molecule has 2 aromatic carbocycles. The van der Waals surface area contributed by atoms with Gasteiger partial charge < -0.3 is 14.9 Å². The van der Waals surface area contributed by atoms with Gasteiger partial charge in [-0.05, 0) is 41.2 Å². The summed E-state index contributed by atoms with van der Waals surface area (Å²) < 4.78 is 0. The lowest BCUT2D eigenvalue weighted by Gasteiger charge is -2.33. The molecule has 0 saturated carbocycles. The number of phenolic OH excluding ortho intramolecular Hbond substituents is 1.